The highest BCUT2D eigenvalue weighted by Gasteiger charge is 2.74. The Kier molecular flexibility index (Phi) is 37.3. The van der Waals surface area contributed by atoms with Gasteiger partial charge in [-0.1, -0.05) is 270 Å². The molecule has 58 atom stereocenters. The maximum atomic E-state index is 11.8. The van der Waals surface area contributed by atoms with Crippen LogP contribution in [0.25, 0.3) is 0 Å². The molecule has 0 aromatic carbocycles. The van der Waals surface area contributed by atoms with Crippen LogP contribution in [0.15, 0.2) is 0 Å². The van der Waals surface area contributed by atoms with Crippen LogP contribution in [-0.2, 0) is 0 Å². The van der Waals surface area contributed by atoms with Crippen LogP contribution in [0, 0.1) is 273 Å². The highest BCUT2D eigenvalue weighted by Crippen LogP contribution is 2.78. The van der Waals surface area contributed by atoms with Crippen LogP contribution in [0.5, 0.6) is 0 Å². The highest BCUT2D eigenvalue weighted by molar-refractivity contribution is 5.23. The van der Waals surface area contributed by atoms with Gasteiger partial charge in [0.15, 0.2) is 0 Å². The number of unbranched alkanes of at least 4 members (excludes halogenated alkanes) is 2. The molecule has 0 aliphatic heterocycles. The van der Waals surface area contributed by atoms with Gasteiger partial charge in [-0.2, -0.15) is 0 Å². The lowest BCUT2D eigenvalue weighted by molar-refractivity contribution is -0.228. The Morgan fingerprint density at radius 1 is 0.218 bits per heavy atom. The Morgan fingerprint density at radius 3 is 0.769 bits per heavy atom. The topological polar surface area (TPSA) is 263 Å². The van der Waals surface area contributed by atoms with E-state index < -0.39 is 0 Å². The van der Waals surface area contributed by atoms with E-state index in [2.05, 4.69) is 187 Å². The summed E-state index contributed by atoms with van der Waals surface area (Å²) in [5, 5.41) is 145. The molecule has 20 aliphatic rings. The summed E-state index contributed by atoms with van der Waals surface area (Å²) in [5.41, 5.74) is 2.10. The number of aliphatic hydroxyl groups excluding tert-OH is 13. The van der Waals surface area contributed by atoms with Crippen LogP contribution in [0.1, 0.15) is 489 Å². The fourth-order valence-corrected chi connectivity index (χ4v) is 48.6. The smallest absolute Gasteiger partial charge is 0.0605 e. The third-order valence-electron chi connectivity index (χ3n) is 55.4. The molecule has 0 aromatic rings. The molecular weight excluding hydrogens is 1820 g/mol. The first kappa shape index (κ1) is 119. The molecule has 147 heavy (non-hydrogen) atoms. The van der Waals surface area contributed by atoms with Crippen molar-refractivity contribution in [2.24, 2.45) is 273 Å². The van der Waals surface area contributed by atoms with E-state index in [1.54, 1.807) is 0 Å². The lowest BCUT2D eigenvalue weighted by Crippen LogP contribution is -2.65. The van der Waals surface area contributed by atoms with E-state index in [1.807, 2.05) is 0 Å². The molecule has 0 amide bonds. The SMILES string of the molecule is CCCC[C@@H](C)[C@H]1CCC2[C@H]3C(CC[C@@]21C)[C@@]1(C)CC[C@@H](O)C[C@H]1[C@@H](CC)[C@H]3O.CCCC[C@@H](C)[C@H]1CCC2[C@H]3C(C[C@H](O)[C@@]21C)[C@@]1(C)CC[C@@H](O)C[C@H]1[C@@H](CC)[C@H]3O.CCC[C@@H](C)[C@H]1[C@@H](O)CC2[C@H]3C(CC[C@@]21C)[C@@]1(C)CC[C@@H](O)C[C@H]1[C@@H](CC)[C@H]3O.CC[C@H]1[C@@H](O)[C@H]2C3CC[C@H]([C@H](C)CC(C)C)[C@@]3(C)CCC2[C@@]2(C)CC[C@@H](O)C[C@@H]12.CC[C@H]1[C@@H](O)[C@H]2C3CC[C@H]([C@H](C)CC(C)C)[C@@]3(C)[C@@H](O)CC2[C@@]2(C)CC[C@@H](O)C[C@@H]12. The van der Waals surface area contributed by atoms with Gasteiger partial charge < -0.3 is 66.4 Å². The summed E-state index contributed by atoms with van der Waals surface area (Å²) in [6, 6.07) is 0. The van der Waals surface area contributed by atoms with E-state index in [1.165, 1.54) is 167 Å². The van der Waals surface area contributed by atoms with Crippen LogP contribution in [0.4, 0.5) is 0 Å². The summed E-state index contributed by atoms with van der Waals surface area (Å²) in [7, 11) is 0. The number of hydrogen-bond donors (Lipinski definition) is 13. The molecule has 13 nitrogen and oxygen atoms in total. The van der Waals surface area contributed by atoms with Gasteiger partial charge >= 0.3 is 0 Å². The molecule has 20 fully saturated rings. The van der Waals surface area contributed by atoms with Crippen molar-refractivity contribution < 1.29 is 66.4 Å². The monoisotopic (exact) mass is 2060 g/mol. The lowest BCUT2D eigenvalue weighted by Gasteiger charge is -2.65. The standard InChI is InChI=1S/2C27H48O3.2C27H48O2.C26H46O3/c1-7-18-21-13-17(28)10-11-26(21,5)22-14-23(29)27(6)19(16(4)12-15(2)3)8-9-20(27)24(22)25(18)30;1-6-8-9-16(3)19-10-11-20-24-22(15-23(29)27(19,20)5)26(4)13-12-17(28)14-21(26)18(7-2)25(24)30;1-7-19-23-15-18(28)10-12-27(23,6)22-11-13-26(5)20(17(4)14-16(2)3)8-9-21(26)24(22)25(19)29;1-6-8-9-17(3)20-10-11-21-24-22(13-15-26(20,21)4)27(5)14-12-18(28)16-23(27)19(7-2)25(24)29;1-6-8-15(3)23-21(28)14-20-22-18(10-12-26(20,23)5)25(4)11-9-16(27)13-19(25)17(7-2)24(22)29/h15-25,28-30H,7-14H2,1-6H3;16-25,28-30H,6-15H2,1-5H3;16-25,28-29H,7-15H2,1-6H3;17-25,28-29H,6-16H2,1-5H3;15-24,27-29H,6-14H2,1-5H3/t2*16-,17-,18-,19-,20?,21+,22?,23+,24+,25-,26+,27-;2*17-,18-,19-,20-,21?,22?,23+,24+,25-,26-,27-;15-,16-,17-,18?,19+,20?,21+,22-,23+,24-,25-,26+/m11111/s1. The zero-order valence-corrected chi connectivity index (χ0v) is 99.9. The number of aliphatic hydroxyl groups is 13. The van der Waals surface area contributed by atoms with Crippen LogP contribution >= 0.6 is 0 Å². The molecule has 20 aliphatic carbocycles. The second-order valence-electron chi connectivity index (χ2n) is 62.1. The summed E-state index contributed by atoms with van der Waals surface area (Å²) >= 11 is 0. The van der Waals surface area contributed by atoms with Crippen molar-refractivity contribution in [2.75, 3.05) is 0 Å². The van der Waals surface area contributed by atoms with Crippen molar-refractivity contribution in [3.8, 4) is 0 Å². The molecular formula is C134H238O13. The van der Waals surface area contributed by atoms with Gasteiger partial charge in [0.05, 0.1) is 79.4 Å². The van der Waals surface area contributed by atoms with E-state index in [-0.39, 0.29) is 118 Å². The van der Waals surface area contributed by atoms with E-state index in [4.69, 9.17) is 0 Å². The van der Waals surface area contributed by atoms with Crippen molar-refractivity contribution in [2.45, 2.75) is 568 Å². The summed E-state index contributed by atoms with van der Waals surface area (Å²) in [6.07, 6.45) is 50.2. The minimum absolute atomic E-state index is 0.0506. The van der Waals surface area contributed by atoms with Gasteiger partial charge in [0, 0.05) is 0 Å². The zero-order chi connectivity index (χ0) is 107. The zero-order valence-electron chi connectivity index (χ0n) is 99.9. The van der Waals surface area contributed by atoms with Gasteiger partial charge in [-0.3, -0.25) is 0 Å². The van der Waals surface area contributed by atoms with E-state index in [0.717, 1.165) is 164 Å². The summed E-state index contributed by atoms with van der Waals surface area (Å²) < 4.78 is 0. The average molecular weight is 2060 g/mol. The first-order valence-corrected chi connectivity index (χ1v) is 65.2. The van der Waals surface area contributed by atoms with Crippen molar-refractivity contribution in [3.05, 3.63) is 0 Å². The molecule has 13 heteroatoms. The predicted molar refractivity (Wildman–Crippen MR) is 602 cm³/mol. The summed E-state index contributed by atoms with van der Waals surface area (Å²) in [6.45, 7) is 64.6. The molecule has 10 unspecified atom stereocenters. The molecule has 0 bridgehead atoms. The van der Waals surface area contributed by atoms with Crippen molar-refractivity contribution >= 4 is 0 Å². The van der Waals surface area contributed by atoms with Gasteiger partial charge in [0.25, 0.3) is 0 Å². The maximum absolute atomic E-state index is 11.8. The van der Waals surface area contributed by atoms with Crippen molar-refractivity contribution in [3.63, 3.8) is 0 Å². The molecule has 20 saturated carbocycles. The second-order valence-corrected chi connectivity index (χ2v) is 62.1. The quantitative estimate of drug-likeness (QED) is 0.0482. The van der Waals surface area contributed by atoms with Crippen molar-refractivity contribution in [1.82, 2.24) is 0 Å². The summed E-state index contributed by atoms with van der Waals surface area (Å²) in [5.74, 6) is 19.4. The molecule has 852 valence electrons. The Bertz CT molecular complexity index is 4170. The Labute approximate surface area is 902 Å². The Morgan fingerprint density at radius 2 is 0.463 bits per heavy atom. The minimum atomic E-state index is -0.278. The second kappa shape index (κ2) is 46.2. The fraction of sp³-hybridized carbons (Fsp3) is 1.00. The third kappa shape index (κ3) is 20.3. The number of rotatable bonds is 22. The van der Waals surface area contributed by atoms with Gasteiger partial charge in [-0.15, -0.1) is 0 Å². The van der Waals surface area contributed by atoms with E-state index >= 15 is 0 Å². The largest absolute Gasteiger partial charge is 0.393 e. The van der Waals surface area contributed by atoms with Gasteiger partial charge in [0.2, 0.25) is 0 Å². The Balaban J connectivity index is 0.000000131. The van der Waals surface area contributed by atoms with E-state index in [0.29, 0.717) is 205 Å². The first-order valence-electron chi connectivity index (χ1n) is 65.2. The number of hydrogen-bond acceptors (Lipinski definition) is 13. The average Bonchev–Trinajstić information content (AvgIpc) is 0.849. The molecule has 0 aromatic heterocycles. The third-order valence-corrected chi connectivity index (χ3v) is 55.4. The van der Waals surface area contributed by atoms with Crippen LogP contribution in [0.3, 0.4) is 0 Å². The summed E-state index contributed by atoms with van der Waals surface area (Å²) in [4.78, 5) is 0. The van der Waals surface area contributed by atoms with Crippen molar-refractivity contribution in [1.29, 1.82) is 0 Å². The van der Waals surface area contributed by atoms with Gasteiger partial charge in [0.1, 0.15) is 0 Å². The molecule has 13 N–H and O–H groups in total. The molecule has 0 heterocycles. The molecule has 0 radical (unpaired) electrons. The Hall–Kier alpha value is -0.520. The van der Waals surface area contributed by atoms with E-state index in [9.17, 15) is 66.4 Å². The van der Waals surface area contributed by atoms with Gasteiger partial charge in [-0.25, -0.2) is 0 Å². The van der Waals surface area contributed by atoms with Gasteiger partial charge in [-0.05, 0) is 491 Å². The number of fused-ring (bicyclic) bond motifs is 25. The lowest BCUT2D eigenvalue weighted by atomic mass is 9.41. The fourth-order valence-electron chi connectivity index (χ4n) is 48.6. The first-order chi connectivity index (χ1) is 69.3. The normalized spacial score (nSPS) is 54.1. The predicted octanol–water partition coefficient (Wildman–Crippen LogP) is 28.4. The van der Waals surface area contributed by atoms with Crippen LogP contribution in [-0.4, -0.2) is 146 Å². The van der Waals surface area contributed by atoms with Crippen LogP contribution in [0.2, 0.25) is 0 Å². The molecule has 20 rings (SSSR count). The maximum Gasteiger partial charge on any atom is 0.0605 e. The highest BCUT2D eigenvalue weighted by atomic mass is 16.3. The van der Waals surface area contributed by atoms with Crippen LogP contribution < -0.4 is 0 Å². The minimum Gasteiger partial charge on any atom is -0.393 e. The molecule has 0 saturated heterocycles. The molecule has 0 spiro atoms.